The number of nitrogens with two attached hydrogens (primary N) is 1. The topological polar surface area (TPSA) is 101 Å². The number of nitrogens with one attached hydrogen (secondary N) is 1. The molecule has 2 heterocycles. The maximum absolute atomic E-state index is 11.0. The molecule has 2 fully saturated rings. The fourth-order valence-corrected chi connectivity index (χ4v) is 4.91. The van der Waals surface area contributed by atoms with E-state index in [1.54, 1.807) is 0 Å². The van der Waals surface area contributed by atoms with Gasteiger partial charge in [0.25, 0.3) is 10.2 Å². The maximum Gasteiger partial charge on any atom is 0.274 e. The molecule has 29 heavy (non-hydrogen) atoms. The minimum absolute atomic E-state index is 0.382. The second kappa shape index (κ2) is 8.16. The maximum atomic E-state index is 11.0. The van der Waals surface area contributed by atoms with Crippen molar-refractivity contribution in [3.63, 3.8) is 0 Å². The highest BCUT2D eigenvalue weighted by atomic mass is 32.2. The number of aryl methyl sites for hydroxylation is 2. The molecule has 0 atom stereocenters. The summed E-state index contributed by atoms with van der Waals surface area (Å²) in [6.07, 6.45) is 6.97. The number of hydrogen-bond acceptors (Lipinski definition) is 5. The summed E-state index contributed by atoms with van der Waals surface area (Å²) in [4.78, 5) is 12.3. The second-order valence-corrected chi connectivity index (χ2v) is 10.1. The Kier molecular flexibility index (Phi) is 5.77. The summed E-state index contributed by atoms with van der Waals surface area (Å²) in [6.45, 7) is 6.42. The van der Waals surface area contributed by atoms with Crippen LogP contribution in [0.15, 0.2) is 12.1 Å². The van der Waals surface area contributed by atoms with Crippen molar-refractivity contribution >= 4 is 26.9 Å². The van der Waals surface area contributed by atoms with Crippen molar-refractivity contribution in [2.75, 3.05) is 24.5 Å². The zero-order valence-electron chi connectivity index (χ0n) is 17.3. The third kappa shape index (κ3) is 4.70. The summed E-state index contributed by atoms with van der Waals surface area (Å²) in [5, 5.41) is 6.13. The summed E-state index contributed by atoms with van der Waals surface area (Å²) in [7, 11) is -3.61. The molecule has 0 bridgehead atoms. The van der Waals surface area contributed by atoms with Gasteiger partial charge in [0.05, 0.1) is 5.52 Å². The molecule has 1 aromatic heterocycles. The standard InChI is InChI=1S/C21H31N5O2S/c1-14-10-18-19(11-15(14)2)24-20(17-6-4-3-5-7-17)25-21(18)26-12-16(13-26)8-9-23-29(22,27)28/h10-11,16-17,23H,3-9,12-13H2,1-2H3,(H2,22,27,28). The Balaban J connectivity index is 1.57. The van der Waals surface area contributed by atoms with Crippen molar-refractivity contribution in [1.29, 1.82) is 0 Å². The van der Waals surface area contributed by atoms with Gasteiger partial charge >= 0.3 is 0 Å². The lowest BCUT2D eigenvalue weighted by atomic mass is 9.88. The molecule has 2 aliphatic rings. The molecule has 1 saturated carbocycles. The summed E-state index contributed by atoms with van der Waals surface area (Å²) < 4.78 is 24.5. The van der Waals surface area contributed by atoms with Gasteiger partial charge in [0.15, 0.2) is 0 Å². The van der Waals surface area contributed by atoms with Crippen molar-refractivity contribution in [2.45, 2.75) is 58.3 Å². The highest BCUT2D eigenvalue weighted by molar-refractivity contribution is 7.87. The first kappa shape index (κ1) is 20.5. The molecule has 158 valence electrons. The zero-order valence-corrected chi connectivity index (χ0v) is 18.1. The fourth-order valence-electron chi connectivity index (χ4n) is 4.50. The molecule has 7 nitrogen and oxygen atoms in total. The minimum Gasteiger partial charge on any atom is -0.355 e. The molecule has 0 amide bonds. The van der Waals surface area contributed by atoms with E-state index in [0.717, 1.165) is 42.1 Å². The van der Waals surface area contributed by atoms with Gasteiger partial charge < -0.3 is 4.90 Å². The molecular formula is C21H31N5O2S. The molecule has 3 N–H and O–H groups in total. The van der Waals surface area contributed by atoms with Gasteiger partial charge in [0, 0.05) is 30.9 Å². The lowest BCUT2D eigenvalue weighted by Crippen LogP contribution is -2.48. The molecule has 1 saturated heterocycles. The van der Waals surface area contributed by atoms with Gasteiger partial charge in [-0.1, -0.05) is 19.3 Å². The van der Waals surface area contributed by atoms with E-state index in [9.17, 15) is 8.42 Å². The molecule has 2 aromatic rings. The Hall–Kier alpha value is -1.77. The van der Waals surface area contributed by atoms with Crippen molar-refractivity contribution in [2.24, 2.45) is 11.1 Å². The van der Waals surface area contributed by atoms with E-state index in [0.29, 0.717) is 18.4 Å². The van der Waals surface area contributed by atoms with Gasteiger partial charge in [-0.3, -0.25) is 0 Å². The van der Waals surface area contributed by atoms with Crippen LogP contribution in [0, 0.1) is 19.8 Å². The first-order valence-corrected chi connectivity index (χ1v) is 12.2. The summed E-state index contributed by atoms with van der Waals surface area (Å²) in [6, 6.07) is 4.40. The number of benzene rings is 1. The third-order valence-corrected chi connectivity index (χ3v) is 7.00. The van der Waals surface area contributed by atoms with E-state index in [4.69, 9.17) is 15.1 Å². The van der Waals surface area contributed by atoms with Crippen molar-refractivity contribution < 1.29 is 8.42 Å². The highest BCUT2D eigenvalue weighted by Crippen LogP contribution is 2.36. The largest absolute Gasteiger partial charge is 0.355 e. The van der Waals surface area contributed by atoms with Gasteiger partial charge in [-0.15, -0.1) is 0 Å². The van der Waals surface area contributed by atoms with Gasteiger partial charge in [-0.2, -0.15) is 8.42 Å². The van der Waals surface area contributed by atoms with Gasteiger partial charge in [-0.25, -0.2) is 19.8 Å². The van der Waals surface area contributed by atoms with E-state index >= 15 is 0 Å². The summed E-state index contributed by atoms with van der Waals surface area (Å²) >= 11 is 0. The van der Waals surface area contributed by atoms with Crippen LogP contribution in [0.5, 0.6) is 0 Å². The zero-order chi connectivity index (χ0) is 20.6. The molecule has 0 unspecified atom stereocenters. The average molecular weight is 418 g/mol. The van der Waals surface area contributed by atoms with Crippen LogP contribution in [0.2, 0.25) is 0 Å². The Morgan fingerprint density at radius 2 is 1.79 bits per heavy atom. The molecule has 1 aliphatic heterocycles. The van der Waals surface area contributed by atoms with Crippen LogP contribution in [0.3, 0.4) is 0 Å². The SMILES string of the molecule is Cc1cc2nc(C3CCCCC3)nc(N3CC(CCNS(N)(=O)=O)C3)c2cc1C. The number of rotatable bonds is 6. The normalized spacial score (nSPS) is 18.9. The Morgan fingerprint density at radius 3 is 2.48 bits per heavy atom. The second-order valence-electron chi connectivity index (χ2n) is 8.69. The first-order chi connectivity index (χ1) is 13.8. The molecular weight excluding hydrogens is 386 g/mol. The van der Waals surface area contributed by atoms with Gasteiger partial charge in [0.1, 0.15) is 11.6 Å². The summed E-state index contributed by atoms with van der Waals surface area (Å²) in [5.74, 6) is 2.94. The molecule has 0 radical (unpaired) electrons. The number of anilines is 1. The Bertz CT molecular complexity index is 996. The van der Waals surface area contributed by atoms with E-state index in [2.05, 4.69) is 35.6 Å². The van der Waals surface area contributed by atoms with Gasteiger partial charge in [-0.05, 0) is 62.3 Å². The highest BCUT2D eigenvalue weighted by Gasteiger charge is 2.30. The number of hydrogen-bond donors (Lipinski definition) is 2. The molecule has 4 rings (SSSR count). The lowest BCUT2D eigenvalue weighted by molar-refractivity contribution is 0.380. The summed E-state index contributed by atoms with van der Waals surface area (Å²) in [5.41, 5.74) is 3.55. The monoisotopic (exact) mass is 417 g/mol. The minimum atomic E-state index is -3.61. The Labute approximate surface area is 173 Å². The van der Waals surface area contributed by atoms with Crippen molar-refractivity contribution in [1.82, 2.24) is 14.7 Å². The van der Waals surface area contributed by atoms with Crippen LogP contribution in [0.1, 0.15) is 61.4 Å². The first-order valence-electron chi connectivity index (χ1n) is 10.6. The van der Waals surface area contributed by atoms with Crippen LogP contribution >= 0.6 is 0 Å². The van der Waals surface area contributed by atoms with E-state index in [1.165, 1.54) is 43.2 Å². The molecule has 0 spiro atoms. The van der Waals surface area contributed by atoms with Crippen LogP contribution in [-0.4, -0.2) is 38.0 Å². The van der Waals surface area contributed by atoms with Crippen LogP contribution in [0.25, 0.3) is 10.9 Å². The quantitative estimate of drug-likeness (QED) is 0.752. The number of nitrogens with zero attached hydrogens (tertiary/aromatic N) is 3. The smallest absolute Gasteiger partial charge is 0.274 e. The lowest BCUT2D eigenvalue weighted by Gasteiger charge is -2.41. The number of fused-ring (bicyclic) bond motifs is 1. The predicted molar refractivity (Wildman–Crippen MR) is 116 cm³/mol. The van der Waals surface area contributed by atoms with Crippen LogP contribution in [-0.2, 0) is 10.2 Å². The predicted octanol–water partition coefficient (Wildman–Crippen LogP) is 2.91. The average Bonchev–Trinajstić information content (AvgIpc) is 2.64. The van der Waals surface area contributed by atoms with Gasteiger partial charge in [0.2, 0.25) is 0 Å². The number of aromatic nitrogens is 2. The molecule has 1 aromatic carbocycles. The van der Waals surface area contributed by atoms with E-state index in [1.807, 2.05) is 0 Å². The van der Waals surface area contributed by atoms with E-state index < -0.39 is 10.2 Å². The van der Waals surface area contributed by atoms with Crippen molar-refractivity contribution in [3.8, 4) is 0 Å². The molecule has 1 aliphatic carbocycles. The van der Waals surface area contributed by atoms with Crippen molar-refractivity contribution in [3.05, 3.63) is 29.1 Å². The fraction of sp³-hybridized carbons (Fsp3) is 0.619. The van der Waals surface area contributed by atoms with E-state index in [-0.39, 0.29) is 0 Å². The van der Waals surface area contributed by atoms with Crippen LogP contribution < -0.4 is 14.8 Å². The Morgan fingerprint density at radius 1 is 1.10 bits per heavy atom. The molecule has 8 heteroatoms. The van der Waals surface area contributed by atoms with Crippen LogP contribution in [0.4, 0.5) is 5.82 Å². The third-order valence-electron chi connectivity index (χ3n) is 6.39.